The zero-order valence-corrected chi connectivity index (χ0v) is 45.9. The predicted molar refractivity (Wildman–Crippen MR) is 311 cm³/mol. The van der Waals surface area contributed by atoms with Crippen LogP contribution in [0.4, 0.5) is 0 Å². The first-order valence-electron chi connectivity index (χ1n) is 28.5. The third-order valence-corrected chi connectivity index (χ3v) is 11.3. The Kier molecular flexibility index (Phi) is 54.6. The van der Waals surface area contributed by atoms with Crippen molar-refractivity contribution < 1.29 is 28.6 Å². The van der Waals surface area contributed by atoms with E-state index in [1.807, 2.05) is 0 Å². The zero-order chi connectivity index (χ0) is 52.2. The van der Waals surface area contributed by atoms with Gasteiger partial charge in [0.1, 0.15) is 13.2 Å². The van der Waals surface area contributed by atoms with Crippen molar-refractivity contribution in [1.82, 2.24) is 0 Å². The van der Waals surface area contributed by atoms with E-state index in [1.54, 1.807) is 0 Å². The average Bonchev–Trinajstić information content (AvgIpc) is 3.38. The number of esters is 3. The van der Waals surface area contributed by atoms with Crippen LogP contribution < -0.4 is 0 Å². The van der Waals surface area contributed by atoms with Crippen LogP contribution in [0.25, 0.3) is 0 Å². The molecule has 0 fully saturated rings. The third kappa shape index (κ3) is 56.0. The van der Waals surface area contributed by atoms with Crippen LogP contribution in [-0.2, 0) is 28.6 Å². The Balaban J connectivity index is 4.30. The summed E-state index contributed by atoms with van der Waals surface area (Å²) in [6.07, 6.45) is 85.5. The molecule has 0 aliphatic carbocycles. The summed E-state index contributed by atoms with van der Waals surface area (Å²) in [5, 5.41) is 0. The molecule has 0 amide bonds. The second-order valence-electron chi connectivity index (χ2n) is 18.1. The summed E-state index contributed by atoms with van der Waals surface area (Å²) in [7, 11) is 0. The van der Waals surface area contributed by atoms with Gasteiger partial charge in [-0.2, -0.15) is 0 Å². The molecule has 0 spiro atoms. The Morgan fingerprint density at radius 2 is 0.542 bits per heavy atom. The van der Waals surface area contributed by atoms with Gasteiger partial charge in [0.2, 0.25) is 0 Å². The van der Waals surface area contributed by atoms with Gasteiger partial charge in [0, 0.05) is 19.3 Å². The number of allylic oxidation sites excluding steroid dienone is 26. The molecule has 0 aromatic carbocycles. The minimum Gasteiger partial charge on any atom is -0.462 e. The molecule has 1 unspecified atom stereocenters. The quantitative estimate of drug-likeness (QED) is 0.0262. The molecule has 6 heteroatoms. The monoisotopic (exact) mass is 991 g/mol. The van der Waals surface area contributed by atoms with Crippen LogP contribution in [-0.4, -0.2) is 37.2 Å². The van der Waals surface area contributed by atoms with Crippen molar-refractivity contribution in [3.63, 3.8) is 0 Å². The van der Waals surface area contributed by atoms with Gasteiger partial charge < -0.3 is 14.2 Å². The number of carbonyl (C=O) groups is 3. The fraction of sp³-hybridized carbons (Fsp3) is 0.561. The zero-order valence-electron chi connectivity index (χ0n) is 45.9. The van der Waals surface area contributed by atoms with Gasteiger partial charge in [-0.05, 0) is 128 Å². The van der Waals surface area contributed by atoms with E-state index >= 15 is 0 Å². The lowest BCUT2D eigenvalue weighted by molar-refractivity contribution is -0.167. The Hall–Kier alpha value is -4.97. The number of ether oxygens (including phenoxy) is 3. The van der Waals surface area contributed by atoms with Crippen LogP contribution in [0, 0.1) is 0 Å². The molecule has 0 saturated carbocycles. The lowest BCUT2D eigenvalue weighted by Gasteiger charge is -2.18. The topological polar surface area (TPSA) is 78.9 Å². The Labute approximate surface area is 441 Å². The van der Waals surface area contributed by atoms with E-state index in [0.29, 0.717) is 12.8 Å². The molecular weight excluding hydrogens is 889 g/mol. The summed E-state index contributed by atoms with van der Waals surface area (Å²) in [5.74, 6) is -1.00. The smallest absolute Gasteiger partial charge is 0.306 e. The highest BCUT2D eigenvalue weighted by Crippen LogP contribution is 2.12. The molecular formula is C66H102O6. The van der Waals surface area contributed by atoms with Crippen LogP contribution in [0.15, 0.2) is 158 Å². The molecule has 0 N–H and O–H groups in total. The molecule has 1 atom stereocenters. The van der Waals surface area contributed by atoms with Crippen LogP contribution >= 0.6 is 0 Å². The number of rotatable bonds is 49. The highest BCUT2D eigenvalue weighted by atomic mass is 16.6. The van der Waals surface area contributed by atoms with Crippen molar-refractivity contribution in [3.8, 4) is 0 Å². The van der Waals surface area contributed by atoms with Gasteiger partial charge >= 0.3 is 17.9 Å². The van der Waals surface area contributed by atoms with Gasteiger partial charge in [-0.1, -0.05) is 230 Å². The molecule has 0 rings (SSSR count). The van der Waals surface area contributed by atoms with Crippen LogP contribution in [0.1, 0.15) is 220 Å². The summed E-state index contributed by atoms with van der Waals surface area (Å²) in [6.45, 7) is 6.29. The van der Waals surface area contributed by atoms with Gasteiger partial charge in [-0.15, -0.1) is 0 Å². The van der Waals surface area contributed by atoms with Crippen LogP contribution in [0.5, 0.6) is 0 Å². The molecule has 0 bridgehead atoms. The SMILES string of the molecule is CC/C=C\C/C=C\C/C=C\C/C=C\C/C=C\C/C=C\C/C=C\C/C=C\C/C=C\C/C=C\CCCCC(=O)OCC(COC(=O)CCCCCCCCCC)OC(=O)CCCCC/C=C\C/C=C\C/C=C\CC. The predicted octanol–water partition coefficient (Wildman–Crippen LogP) is 19.4. The standard InChI is InChI=1S/C66H102O6/c1-4-7-10-13-16-19-21-23-24-25-26-27-28-29-30-31-32-33-34-35-36-37-38-39-40-41-42-44-45-47-50-53-56-59-65(68)71-62-63(61-70-64(67)58-55-52-49-18-15-12-9-6-3)72-66(69)60-57-54-51-48-46-43-22-20-17-14-11-8-5-2/h7-8,10-11,16-17,19-20,23-24,26-27,29-30,32-33,35-36,38-39,41-43,45-47,63H,4-6,9,12-15,18,21-22,25,28,31,34,37,40,44,48-62H2,1-3H3/b10-7-,11-8-,19-16-,20-17-,24-23-,27-26-,30-29-,33-32-,36-35-,39-38-,42-41-,46-43-,47-45-. The molecule has 0 aromatic heterocycles. The van der Waals surface area contributed by atoms with Crippen molar-refractivity contribution in [2.45, 2.75) is 226 Å². The minimum absolute atomic E-state index is 0.109. The van der Waals surface area contributed by atoms with Crippen LogP contribution in [0.2, 0.25) is 0 Å². The third-order valence-electron chi connectivity index (χ3n) is 11.3. The molecule has 0 radical (unpaired) electrons. The van der Waals surface area contributed by atoms with Crippen molar-refractivity contribution in [2.24, 2.45) is 0 Å². The second-order valence-corrected chi connectivity index (χ2v) is 18.1. The van der Waals surface area contributed by atoms with Crippen LogP contribution in [0.3, 0.4) is 0 Å². The van der Waals surface area contributed by atoms with Gasteiger partial charge in [0.25, 0.3) is 0 Å². The molecule has 0 aromatic rings. The van der Waals surface area contributed by atoms with Gasteiger partial charge in [0.05, 0.1) is 0 Å². The minimum atomic E-state index is -0.815. The first-order valence-corrected chi connectivity index (χ1v) is 28.5. The van der Waals surface area contributed by atoms with Gasteiger partial charge in [0.15, 0.2) is 6.10 Å². The van der Waals surface area contributed by atoms with E-state index < -0.39 is 6.10 Å². The largest absolute Gasteiger partial charge is 0.462 e. The molecule has 0 aliphatic rings. The second kappa shape index (κ2) is 58.6. The normalized spacial score (nSPS) is 13.3. The summed E-state index contributed by atoms with van der Waals surface area (Å²) in [6, 6.07) is 0. The maximum atomic E-state index is 12.8. The molecule has 0 heterocycles. The van der Waals surface area contributed by atoms with E-state index in [9.17, 15) is 14.4 Å². The molecule has 0 saturated heterocycles. The highest BCUT2D eigenvalue weighted by Gasteiger charge is 2.19. The molecule has 72 heavy (non-hydrogen) atoms. The Morgan fingerprint density at radius 1 is 0.292 bits per heavy atom. The number of unbranched alkanes of at least 4 members (excludes halogenated alkanes) is 12. The molecule has 0 aliphatic heterocycles. The van der Waals surface area contributed by atoms with Gasteiger partial charge in [-0.3, -0.25) is 14.4 Å². The summed E-state index contributed by atoms with van der Waals surface area (Å²) in [5.41, 5.74) is 0. The summed E-state index contributed by atoms with van der Waals surface area (Å²) >= 11 is 0. The number of carbonyl (C=O) groups excluding carboxylic acids is 3. The maximum absolute atomic E-state index is 12.8. The average molecular weight is 992 g/mol. The first kappa shape index (κ1) is 67.0. The fourth-order valence-corrected chi connectivity index (χ4v) is 7.07. The van der Waals surface area contributed by atoms with E-state index in [4.69, 9.17) is 14.2 Å². The highest BCUT2D eigenvalue weighted by molar-refractivity contribution is 5.71. The van der Waals surface area contributed by atoms with E-state index in [0.717, 1.165) is 141 Å². The van der Waals surface area contributed by atoms with Crippen molar-refractivity contribution in [1.29, 1.82) is 0 Å². The molecule has 402 valence electrons. The maximum Gasteiger partial charge on any atom is 0.306 e. The molecule has 6 nitrogen and oxygen atoms in total. The Morgan fingerprint density at radius 3 is 0.875 bits per heavy atom. The van der Waals surface area contributed by atoms with E-state index in [2.05, 4.69) is 179 Å². The summed E-state index contributed by atoms with van der Waals surface area (Å²) < 4.78 is 16.7. The number of hydrogen-bond donors (Lipinski definition) is 0. The fourth-order valence-electron chi connectivity index (χ4n) is 7.07. The summed E-state index contributed by atoms with van der Waals surface area (Å²) in [4.78, 5) is 37.9. The van der Waals surface area contributed by atoms with Crippen molar-refractivity contribution >= 4 is 17.9 Å². The first-order chi connectivity index (χ1) is 35.5. The van der Waals surface area contributed by atoms with Gasteiger partial charge in [-0.25, -0.2) is 0 Å². The number of hydrogen-bond acceptors (Lipinski definition) is 6. The Bertz CT molecular complexity index is 1660. The lowest BCUT2D eigenvalue weighted by Crippen LogP contribution is -2.30. The lowest BCUT2D eigenvalue weighted by atomic mass is 10.1. The van der Waals surface area contributed by atoms with E-state index in [1.165, 1.54) is 32.1 Å². The van der Waals surface area contributed by atoms with Crippen molar-refractivity contribution in [2.75, 3.05) is 13.2 Å². The van der Waals surface area contributed by atoms with Crippen molar-refractivity contribution in [3.05, 3.63) is 158 Å². The van der Waals surface area contributed by atoms with E-state index in [-0.39, 0.29) is 44.0 Å².